The standard InChI is InChI=1S/C17H21NO4/c19-16(18(10-17(20)21)14-6-7-14)11-22-15-8-5-12-3-1-2-4-13(12)9-15/h5,8-9,14H,1-4,6-7,10-11H2,(H,20,21). The number of carbonyl (C=O) groups excluding carboxylic acids is 1. The Bertz CT molecular complexity index is 580. The number of aliphatic carboxylic acids is 1. The highest BCUT2D eigenvalue weighted by molar-refractivity contribution is 5.83. The Balaban J connectivity index is 1.59. The second-order valence-electron chi connectivity index (χ2n) is 6.07. The van der Waals surface area contributed by atoms with E-state index in [1.165, 1.54) is 28.9 Å². The summed E-state index contributed by atoms with van der Waals surface area (Å²) in [5.74, 6) is -0.531. The molecule has 1 fully saturated rings. The molecule has 3 rings (SSSR count). The number of carboxylic acid groups (broad SMARTS) is 1. The lowest BCUT2D eigenvalue weighted by Gasteiger charge is -2.21. The van der Waals surface area contributed by atoms with E-state index in [2.05, 4.69) is 6.07 Å². The summed E-state index contributed by atoms with van der Waals surface area (Å²) in [4.78, 5) is 24.4. The molecule has 0 spiro atoms. The lowest BCUT2D eigenvalue weighted by molar-refractivity contribution is -0.145. The number of aryl methyl sites for hydroxylation is 2. The monoisotopic (exact) mass is 303 g/mol. The van der Waals surface area contributed by atoms with Gasteiger partial charge in [0, 0.05) is 6.04 Å². The summed E-state index contributed by atoms with van der Waals surface area (Å²) < 4.78 is 5.59. The molecule has 0 radical (unpaired) electrons. The first-order chi connectivity index (χ1) is 10.6. The Hall–Kier alpha value is -2.04. The van der Waals surface area contributed by atoms with Gasteiger partial charge in [-0.2, -0.15) is 0 Å². The van der Waals surface area contributed by atoms with E-state index in [0.29, 0.717) is 5.75 Å². The third-order valence-corrected chi connectivity index (χ3v) is 4.30. The van der Waals surface area contributed by atoms with Gasteiger partial charge in [-0.3, -0.25) is 9.59 Å². The normalized spacial score (nSPS) is 16.7. The van der Waals surface area contributed by atoms with Gasteiger partial charge in [0.25, 0.3) is 5.91 Å². The largest absolute Gasteiger partial charge is 0.484 e. The smallest absolute Gasteiger partial charge is 0.323 e. The summed E-state index contributed by atoms with van der Waals surface area (Å²) in [5, 5.41) is 8.89. The van der Waals surface area contributed by atoms with Gasteiger partial charge in [-0.25, -0.2) is 0 Å². The number of amides is 1. The van der Waals surface area contributed by atoms with Crippen LogP contribution in [0.3, 0.4) is 0 Å². The van der Waals surface area contributed by atoms with Crippen LogP contribution in [0, 0.1) is 0 Å². The van der Waals surface area contributed by atoms with Crippen molar-refractivity contribution in [3.8, 4) is 5.75 Å². The first-order valence-corrected chi connectivity index (χ1v) is 7.89. The minimum Gasteiger partial charge on any atom is -0.484 e. The Labute approximate surface area is 129 Å². The Kier molecular flexibility index (Phi) is 4.32. The molecule has 5 heteroatoms. The topological polar surface area (TPSA) is 66.8 Å². The van der Waals surface area contributed by atoms with Gasteiger partial charge in [-0.1, -0.05) is 6.07 Å². The van der Waals surface area contributed by atoms with Crippen LogP contribution in [0.25, 0.3) is 0 Å². The molecular weight excluding hydrogens is 282 g/mol. The lowest BCUT2D eigenvalue weighted by atomic mass is 9.92. The third kappa shape index (κ3) is 3.59. The van der Waals surface area contributed by atoms with E-state index < -0.39 is 5.97 Å². The van der Waals surface area contributed by atoms with Crippen molar-refractivity contribution in [3.05, 3.63) is 29.3 Å². The fourth-order valence-corrected chi connectivity index (χ4v) is 2.98. The molecule has 1 saturated carbocycles. The van der Waals surface area contributed by atoms with E-state index in [9.17, 15) is 9.59 Å². The van der Waals surface area contributed by atoms with E-state index in [-0.39, 0.29) is 25.1 Å². The van der Waals surface area contributed by atoms with Gasteiger partial charge in [-0.05, 0) is 61.8 Å². The van der Waals surface area contributed by atoms with Gasteiger partial charge in [0.05, 0.1) is 0 Å². The maximum atomic E-state index is 12.2. The molecule has 0 atom stereocenters. The number of ether oxygens (including phenoxy) is 1. The van der Waals surface area contributed by atoms with Crippen LogP contribution in [-0.4, -0.2) is 41.1 Å². The molecule has 0 aromatic heterocycles. The lowest BCUT2D eigenvalue weighted by Crippen LogP contribution is -2.40. The third-order valence-electron chi connectivity index (χ3n) is 4.30. The number of carboxylic acids is 1. The molecule has 0 bridgehead atoms. The SMILES string of the molecule is O=C(O)CN(C(=O)COc1ccc2c(c1)CCCC2)C1CC1. The van der Waals surface area contributed by atoms with Crippen LogP contribution in [0.2, 0.25) is 0 Å². The van der Waals surface area contributed by atoms with Gasteiger partial charge in [0.15, 0.2) is 6.61 Å². The van der Waals surface area contributed by atoms with Crippen LogP contribution in [0.4, 0.5) is 0 Å². The van der Waals surface area contributed by atoms with Gasteiger partial charge < -0.3 is 14.7 Å². The zero-order valence-corrected chi connectivity index (χ0v) is 12.6. The number of hydrogen-bond donors (Lipinski definition) is 1. The van der Waals surface area contributed by atoms with Crippen molar-refractivity contribution in [2.24, 2.45) is 0 Å². The Morgan fingerprint density at radius 3 is 2.59 bits per heavy atom. The summed E-state index contributed by atoms with van der Waals surface area (Å²) in [5.41, 5.74) is 2.68. The molecule has 1 N–H and O–H groups in total. The molecule has 22 heavy (non-hydrogen) atoms. The average molecular weight is 303 g/mol. The molecule has 1 amide bonds. The summed E-state index contributed by atoms with van der Waals surface area (Å²) in [6.45, 7) is -0.334. The average Bonchev–Trinajstić information content (AvgIpc) is 3.34. The van der Waals surface area contributed by atoms with Crippen LogP contribution in [0.1, 0.15) is 36.8 Å². The molecule has 118 valence electrons. The molecule has 0 saturated heterocycles. The molecule has 0 aliphatic heterocycles. The fraction of sp³-hybridized carbons (Fsp3) is 0.529. The molecule has 1 aromatic carbocycles. The number of carbonyl (C=O) groups is 2. The van der Waals surface area contributed by atoms with Gasteiger partial charge >= 0.3 is 5.97 Å². The maximum Gasteiger partial charge on any atom is 0.323 e. The van der Waals surface area contributed by atoms with Gasteiger partial charge in [-0.15, -0.1) is 0 Å². The first kappa shape index (κ1) is 14.9. The van der Waals surface area contributed by atoms with Crippen molar-refractivity contribution in [2.45, 2.75) is 44.6 Å². The minimum absolute atomic E-state index is 0.0794. The quantitative estimate of drug-likeness (QED) is 0.873. The van der Waals surface area contributed by atoms with E-state index in [1.54, 1.807) is 0 Å². The summed E-state index contributed by atoms with van der Waals surface area (Å²) in [6.07, 6.45) is 6.38. The molecule has 2 aliphatic rings. The van der Waals surface area contributed by atoms with E-state index in [0.717, 1.165) is 25.7 Å². The molecular formula is C17H21NO4. The van der Waals surface area contributed by atoms with Crippen molar-refractivity contribution in [1.82, 2.24) is 4.90 Å². The predicted molar refractivity (Wildman–Crippen MR) is 80.9 cm³/mol. The summed E-state index contributed by atoms with van der Waals surface area (Å²) >= 11 is 0. The predicted octanol–water partition coefficient (Wildman–Crippen LogP) is 2.02. The van der Waals surface area contributed by atoms with Crippen molar-refractivity contribution in [2.75, 3.05) is 13.2 Å². The minimum atomic E-state index is -0.978. The molecule has 1 aromatic rings. The summed E-state index contributed by atoms with van der Waals surface area (Å²) in [7, 11) is 0. The Morgan fingerprint density at radius 1 is 1.18 bits per heavy atom. The molecule has 5 nitrogen and oxygen atoms in total. The molecule has 0 heterocycles. The fourth-order valence-electron chi connectivity index (χ4n) is 2.98. The summed E-state index contributed by atoms with van der Waals surface area (Å²) in [6, 6.07) is 6.07. The molecule has 0 unspecified atom stereocenters. The first-order valence-electron chi connectivity index (χ1n) is 7.89. The van der Waals surface area contributed by atoms with Crippen molar-refractivity contribution < 1.29 is 19.4 Å². The zero-order valence-electron chi connectivity index (χ0n) is 12.6. The second kappa shape index (κ2) is 6.38. The highest BCUT2D eigenvalue weighted by Crippen LogP contribution is 2.27. The number of nitrogens with zero attached hydrogens (tertiary/aromatic N) is 1. The zero-order chi connectivity index (χ0) is 15.5. The van der Waals surface area contributed by atoms with Crippen LogP contribution < -0.4 is 4.74 Å². The van der Waals surface area contributed by atoms with Crippen LogP contribution in [0.5, 0.6) is 5.75 Å². The molecule has 2 aliphatic carbocycles. The number of rotatable bonds is 6. The second-order valence-corrected chi connectivity index (χ2v) is 6.07. The van der Waals surface area contributed by atoms with Crippen molar-refractivity contribution >= 4 is 11.9 Å². The van der Waals surface area contributed by atoms with Crippen molar-refractivity contribution in [1.29, 1.82) is 0 Å². The van der Waals surface area contributed by atoms with Crippen LogP contribution in [-0.2, 0) is 22.4 Å². The van der Waals surface area contributed by atoms with Gasteiger partial charge in [0.1, 0.15) is 12.3 Å². The number of fused-ring (bicyclic) bond motifs is 1. The van der Waals surface area contributed by atoms with E-state index in [1.807, 2.05) is 12.1 Å². The highest BCUT2D eigenvalue weighted by atomic mass is 16.5. The highest BCUT2D eigenvalue weighted by Gasteiger charge is 2.33. The number of benzene rings is 1. The van der Waals surface area contributed by atoms with E-state index in [4.69, 9.17) is 9.84 Å². The maximum absolute atomic E-state index is 12.2. The van der Waals surface area contributed by atoms with Crippen molar-refractivity contribution in [3.63, 3.8) is 0 Å². The van der Waals surface area contributed by atoms with E-state index >= 15 is 0 Å². The van der Waals surface area contributed by atoms with Gasteiger partial charge in [0.2, 0.25) is 0 Å². The Morgan fingerprint density at radius 2 is 1.91 bits per heavy atom. The number of hydrogen-bond acceptors (Lipinski definition) is 3. The van der Waals surface area contributed by atoms with Crippen LogP contribution in [0.15, 0.2) is 18.2 Å². The van der Waals surface area contributed by atoms with Crippen LogP contribution >= 0.6 is 0 Å².